The molecule has 0 unspecified atom stereocenters. The molecule has 1 saturated carbocycles. The number of piperazine rings is 1. The standard InChI is InChI=1S/C27H28FN5O2/c1-2-24(34)31-13-15-32(16-14-31)26-20-11-12-33(17-22(20)29-27(30-26)35-19-9-10-19)23-8-4-6-18-5-3-7-21(28)25(18)23/h2-8,19H,1,9-17H2. The summed E-state index contributed by atoms with van der Waals surface area (Å²) in [7, 11) is 0. The third-order valence-corrected chi connectivity index (χ3v) is 7.06. The van der Waals surface area contributed by atoms with Gasteiger partial charge in [0.15, 0.2) is 0 Å². The first-order chi connectivity index (χ1) is 17.1. The molecule has 1 aromatic heterocycles. The van der Waals surface area contributed by atoms with Gasteiger partial charge in [-0.15, -0.1) is 0 Å². The zero-order chi connectivity index (χ0) is 23.9. The molecular weight excluding hydrogens is 445 g/mol. The Labute approximate surface area is 203 Å². The number of halogens is 1. The van der Waals surface area contributed by atoms with Gasteiger partial charge in [0.05, 0.1) is 12.2 Å². The topological polar surface area (TPSA) is 61.8 Å². The Morgan fingerprint density at radius 1 is 1.03 bits per heavy atom. The molecular formula is C27H28FN5O2. The fourth-order valence-electron chi connectivity index (χ4n) is 5.05. The van der Waals surface area contributed by atoms with E-state index in [1.54, 1.807) is 6.07 Å². The molecule has 7 nitrogen and oxygen atoms in total. The SMILES string of the molecule is C=CC(=O)N1CCN(c2nc(OC3CC3)nc3c2CCN(c2cccc4cccc(F)c24)C3)CC1. The van der Waals surface area contributed by atoms with Gasteiger partial charge in [-0.25, -0.2) is 4.39 Å². The van der Waals surface area contributed by atoms with Crippen molar-refractivity contribution in [1.29, 1.82) is 0 Å². The van der Waals surface area contributed by atoms with Crippen LogP contribution < -0.4 is 14.5 Å². The van der Waals surface area contributed by atoms with Crippen molar-refractivity contribution < 1.29 is 13.9 Å². The molecule has 35 heavy (non-hydrogen) atoms. The summed E-state index contributed by atoms with van der Waals surface area (Å²) in [6.45, 7) is 7.57. The maximum absolute atomic E-state index is 14.8. The minimum absolute atomic E-state index is 0.0370. The monoisotopic (exact) mass is 473 g/mol. The summed E-state index contributed by atoms with van der Waals surface area (Å²) >= 11 is 0. The van der Waals surface area contributed by atoms with Gasteiger partial charge in [-0.3, -0.25) is 4.79 Å². The Bertz CT molecular complexity index is 1290. The average Bonchev–Trinajstić information content (AvgIpc) is 3.71. The minimum Gasteiger partial charge on any atom is -0.460 e. The lowest BCUT2D eigenvalue weighted by Gasteiger charge is -2.38. The average molecular weight is 474 g/mol. The summed E-state index contributed by atoms with van der Waals surface area (Å²) in [6.07, 6.45) is 4.37. The second-order valence-electron chi connectivity index (χ2n) is 9.38. The number of benzene rings is 2. The normalized spacial score (nSPS) is 17.9. The molecule has 3 aliphatic rings. The van der Waals surface area contributed by atoms with Crippen molar-refractivity contribution >= 4 is 28.2 Å². The fourth-order valence-corrected chi connectivity index (χ4v) is 5.05. The highest BCUT2D eigenvalue weighted by Crippen LogP contribution is 2.36. The zero-order valence-corrected chi connectivity index (χ0v) is 19.6. The number of anilines is 2. The lowest BCUT2D eigenvalue weighted by molar-refractivity contribution is -0.126. The number of nitrogens with zero attached hydrogens (tertiary/aromatic N) is 5. The van der Waals surface area contributed by atoms with Crippen molar-refractivity contribution in [2.75, 3.05) is 42.5 Å². The van der Waals surface area contributed by atoms with E-state index in [2.05, 4.69) is 16.4 Å². The van der Waals surface area contributed by atoms with Gasteiger partial charge in [0.1, 0.15) is 17.7 Å². The fraction of sp³-hybridized carbons (Fsp3) is 0.370. The van der Waals surface area contributed by atoms with E-state index in [9.17, 15) is 9.18 Å². The third-order valence-electron chi connectivity index (χ3n) is 7.06. The van der Waals surface area contributed by atoms with E-state index in [1.165, 1.54) is 12.1 Å². The van der Waals surface area contributed by atoms with Gasteiger partial charge in [-0.05, 0) is 42.9 Å². The third kappa shape index (κ3) is 4.17. The molecule has 8 heteroatoms. The van der Waals surface area contributed by atoms with Crippen LogP contribution in [-0.2, 0) is 17.8 Å². The van der Waals surface area contributed by atoms with Gasteiger partial charge in [0, 0.05) is 49.4 Å². The highest BCUT2D eigenvalue weighted by atomic mass is 19.1. The Kier molecular flexibility index (Phi) is 5.51. The van der Waals surface area contributed by atoms with Crippen LogP contribution in [0.3, 0.4) is 0 Å². The molecule has 6 rings (SSSR count). The summed E-state index contributed by atoms with van der Waals surface area (Å²) in [5, 5.41) is 1.53. The first-order valence-electron chi connectivity index (χ1n) is 12.3. The van der Waals surface area contributed by atoms with E-state index in [1.807, 2.05) is 29.2 Å². The summed E-state index contributed by atoms with van der Waals surface area (Å²) in [5.41, 5.74) is 2.93. The van der Waals surface area contributed by atoms with Crippen LogP contribution in [0.2, 0.25) is 0 Å². The van der Waals surface area contributed by atoms with Crippen molar-refractivity contribution in [1.82, 2.24) is 14.9 Å². The second kappa shape index (κ2) is 8.83. The number of ether oxygens (including phenoxy) is 1. The van der Waals surface area contributed by atoms with Gasteiger partial charge in [0.2, 0.25) is 5.91 Å². The first kappa shape index (κ1) is 21.8. The smallest absolute Gasteiger partial charge is 0.318 e. The highest BCUT2D eigenvalue weighted by molar-refractivity contribution is 5.95. The molecule has 0 spiro atoms. The van der Waals surface area contributed by atoms with Gasteiger partial charge in [-0.1, -0.05) is 30.8 Å². The zero-order valence-electron chi connectivity index (χ0n) is 19.6. The van der Waals surface area contributed by atoms with Crippen LogP contribution in [0.5, 0.6) is 6.01 Å². The molecule has 1 aliphatic carbocycles. The van der Waals surface area contributed by atoms with Crippen molar-refractivity contribution in [3.63, 3.8) is 0 Å². The van der Waals surface area contributed by atoms with Crippen molar-refractivity contribution in [3.05, 3.63) is 66.1 Å². The van der Waals surface area contributed by atoms with Crippen LogP contribution in [0.15, 0.2) is 49.1 Å². The number of hydrogen-bond acceptors (Lipinski definition) is 6. The van der Waals surface area contributed by atoms with Crippen LogP contribution in [-0.4, -0.2) is 59.6 Å². The van der Waals surface area contributed by atoms with Crippen LogP contribution in [0.4, 0.5) is 15.9 Å². The highest BCUT2D eigenvalue weighted by Gasteiger charge is 2.31. The van der Waals surface area contributed by atoms with Crippen LogP contribution in [0, 0.1) is 5.82 Å². The van der Waals surface area contributed by atoms with E-state index in [0.29, 0.717) is 44.1 Å². The van der Waals surface area contributed by atoms with E-state index < -0.39 is 0 Å². The summed E-state index contributed by atoms with van der Waals surface area (Å²) < 4.78 is 20.8. The first-order valence-corrected chi connectivity index (χ1v) is 12.3. The summed E-state index contributed by atoms with van der Waals surface area (Å²) in [6, 6.07) is 11.5. The summed E-state index contributed by atoms with van der Waals surface area (Å²) in [4.78, 5) is 27.9. The number of carbonyl (C=O) groups excluding carboxylic acids is 1. The Hall–Kier alpha value is -3.68. The van der Waals surface area contributed by atoms with Crippen LogP contribution >= 0.6 is 0 Å². The van der Waals surface area contributed by atoms with Gasteiger partial charge >= 0.3 is 6.01 Å². The Morgan fingerprint density at radius 3 is 2.54 bits per heavy atom. The van der Waals surface area contributed by atoms with Crippen LogP contribution in [0.25, 0.3) is 10.8 Å². The van der Waals surface area contributed by atoms with E-state index in [0.717, 1.165) is 54.0 Å². The quantitative estimate of drug-likeness (QED) is 0.527. The predicted molar refractivity (Wildman–Crippen MR) is 133 cm³/mol. The molecule has 180 valence electrons. The lowest BCUT2D eigenvalue weighted by atomic mass is 10.0. The number of amides is 1. The number of carbonyl (C=O) groups is 1. The van der Waals surface area contributed by atoms with Crippen molar-refractivity contribution in [3.8, 4) is 6.01 Å². The molecule has 2 aliphatic heterocycles. The molecule has 0 atom stereocenters. The molecule has 1 saturated heterocycles. The molecule has 2 aromatic carbocycles. The minimum atomic E-state index is -0.211. The molecule has 3 aromatic rings. The number of aromatic nitrogens is 2. The lowest BCUT2D eigenvalue weighted by Crippen LogP contribution is -2.49. The maximum atomic E-state index is 14.8. The Balaban J connectivity index is 1.33. The second-order valence-corrected chi connectivity index (χ2v) is 9.38. The number of hydrogen-bond donors (Lipinski definition) is 0. The van der Waals surface area contributed by atoms with Gasteiger partial charge in [0.25, 0.3) is 0 Å². The molecule has 0 bridgehead atoms. The van der Waals surface area contributed by atoms with E-state index in [4.69, 9.17) is 14.7 Å². The van der Waals surface area contributed by atoms with Gasteiger partial charge in [-0.2, -0.15) is 9.97 Å². The molecule has 3 heterocycles. The maximum Gasteiger partial charge on any atom is 0.318 e. The molecule has 1 amide bonds. The molecule has 0 N–H and O–H groups in total. The molecule has 0 radical (unpaired) electrons. The van der Waals surface area contributed by atoms with Crippen molar-refractivity contribution in [2.45, 2.75) is 31.9 Å². The van der Waals surface area contributed by atoms with E-state index in [-0.39, 0.29) is 17.8 Å². The molecule has 2 fully saturated rings. The van der Waals surface area contributed by atoms with E-state index >= 15 is 0 Å². The summed E-state index contributed by atoms with van der Waals surface area (Å²) in [5.74, 6) is 0.655. The predicted octanol–water partition coefficient (Wildman–Crippen LogP) is 3.71. The van der Waals surface area contributed by atoms with Crippen LogP contribution in [0.1, 0.15) is 24.1 Å². The Morgan fingerprint density at radius 2 is 1.80 bits per heavy atom. The van der Waals surface area contributed by atoms with Gasteiger partial charge < -0.3 is 19.4 Å². The largest absolute Gasteiger partial charge is 0.460 e. The number of rotatable bonds is 5. The number of fused-ring (bicyclic) bond motifs is 2. The van der Waals surface area contributed by atoms with Crippen molar-refractivity contribution in [2.24, 2.45) is 0 Å².